The van der Waals surface area contributed by atoms with Gasteiger partial charge in [0.2, 0.25) is 5.91 Å². The van der Waals surface area contributed by atoms with Crippen molar-refractivity contribution in [2.75, 3.05) is 11.1 Å². The Labute approximate surface area is 125 Å². The molecule has 2 aliphatic rings. The molecule has 0 saturated heterocycles. The van der Waals surface area contributed by atoms with Crippen LogP contribution in [0.5, 0.6) is 0 Å². The van der Waals surface area contributed by atoms with Gasteiger partial charge >= 0.3 is 5.97 Å². The maximum absolute atomic E-state index is 12.2. The van der Waals surface area contributed by atoms with E-state index in [2.05, 4.69) is 10.6 Å². The molecule has 1 aromatic carbocycles. The van der Waals surface area contributed by atoms with Crippen molar-refractivity contribution < 1.29 is 19.5 Å². The number of carbonyl (C=O) groups excluding carboxylic acids is 2. The van der Waals surface area contributed by atoms with Crippen molar-refractivity contribution in [2.24, 2.45) is 0 Å². The van der Waals surface area contributed by atoms with Gasteiger partial charge in [-0.2, -0.15) is 0 Å². The van der Waals surface area contributed by atoms with Gasteiger partial charge < -0.3 is 15.7 Å². The van der Waals surface area contributed by atoms with E-state index in [4.69, 9.17) is 0 Å². The Kier molecular flexibility index (Phi) is 3.36. The molecule has 2 amide bonds. The quantitative estimate of drug-likeness (QED) is 0.786. The molecule has 6 nitrogen and oxygen atoms in total. The first-order chi connectivity index (χ1) is 10.00. The number of hydrogen-bond acceptors (Lipinski definition) is 4. The summed E-state index contributed by atoms with van der Waals surface area (Å²) in [6.07, 6.45) is 1.70. The van der Waals surface area contributed by atoms with Gasteiger partial charge in [0.1, 0.15) is 5.54 Å². The molecule has 0 radical (unpaired) electrons. The molecule has 0 spiro atoms. The summed E-state index contributed by atoms with van der Waals surface area (Å²) < 4.78 is 0. The Morgan fingerprint density at radius 3 is 2.71 bits per heavy atom. The number of carboxylic acid groups (broad SMARTS) is 1. The smallest absolute Gasteiger partial charge is 0.329 e. The highest BCUT2D eigenvalue weighted by atomic mass is 32.2. The molecule has 1 heterocycles. The second kappa shape index (κ2) is 5.07. The number of aliphatic carboxylic acids is 1. The molecule has 1 saturated carbocycles. The monoisotopic (exact) mass is 306 g/mol. The third kappa shape index (κ3) is 2.49. The number of hydrogen-bond donors (Lipinski definition) is 3. The fourth-order valence-corrected chi connectivity index (χ4v) is 3.23. The predicted octanol–water partition coefficient (Wildman–Crippen LogP) is 1.47. The largest absolute Gasteiger partial charge is 0.480 e. The molecule has 0 unspecified atom stereocenters. The fourth-order valence-electron chi connectivity index (χ4n) is 2.44. The Morgan fingerprint density at radius 1 is 1.33 bits per heavy atom. The maximum atomic E-state index is 12.2. The lowest BCUT2D eigenvalue weighted by Crippen LogP contribution is -2.59. The number of fused-ring (bicyclic) bond motifs is 1. The van der Waals surface area contributed by atoms with E-state index < -0.39 is 17.4 Å². The Hall–Kier alpha value is -2.02. The molecule has 0 atom stereocenters. The van der Waals surface area contributed by atoms with E-state index in [-0.39, 0.29) is 5.91 Å². The summed E-state index contributed by atoms with van der Waals surface area (Å²) in [4.78, 5) is 35.8. The van der Waals surface area contributed by atoms with Crippen LogP contribution in [0.25, 0.3) is 0 Å². The van der Waals surface area contributed by atoms with Crippen LogP contribution in [0, 0.1) is 0 Å². The molecule has 1 aliphatic carbocycles. The first-order valence-corrected chi connectivity index (χ1v) is 7.61. The summed E-state index contributed by atoms with van der Waals surface area (Å²) in [5.41, 5.74) is -0.184. The second-order valence-corrected chi connectivity index (χ2v) is 6.26. The first kappa shape index (κ1) is 13.9. The molecular formula is C14H14N2O4S. The zero-order chi connectivity index (χ0) is 15.0. The van der Waals surface area contributed by atoms with E-state index in [1.807, 2.05) is 0 Å². The number of nitrogens with one attached hydrogen (secondary N) is 2. The van der Waals surface area contributed by atoms with E-state index in [1.165, 1.54) is 11.8 Å². The lowest BCUT2D eigenvalue weighted by atomic mass is 9.76. The molecule has 110 valence electrons. The molecule has 7 heteroatoms. The minimum atomic E-state index is -1.13. The summed E-state index contributed by atoms with van der Waals surface area (Å²) in [7, 11) is 0. The molecule has 21 heavy (non-hydrogen) atoms. The van der Waals surface area contributed by atoms with Crippen LogP contribution in [-0.4, -0.2) is 34.2 Å². The van der Waals surface area contributed by atoms with Gasteiger partial charge in [0.25, 0.3) is 5.91 Å². The lowest BCUT2D eigenvalue weighted by molar-refractivity contribution is -0.148. The zero-order valence-corrected chi connectivity index (χ0v) is 12.0. The third-order valence-electron chi connectivity index (χ3n) is 3.84. The van der Waals surface area contributed by atoms with Crippen LogP contribution < -0.4 is 10.6 Å². The average Bonchev–Trinajstić information content (AvgIpc) is 2.41. The molecule has 3 N–H and O–H groups in total. The molecule has 1 fully saturated rings. The van der Waals surface area contributed by atoms with Crippen LogP contribution in [0.1, 0.15) is 29.6 Å². The van der Waals surface area contributed by atoms with Gasteiger partial charge in [0.15, 0.2) is 0 Å². The first-order valence-electron chi connectivity index (χ1n) is 6.63. The van der Waals surface area contributed by atoms with Gasteiger partial charge in [-0.1, -0.05) is 0 Å². The van der Waals surface area contributed by atoms with Crippen molar-refractivity contribution in [3.05, 3.63) is 23.8 Å². The van der Waals surface area contributed by atoms with Crippen LogP contribution in [0.3, 0.4) is 0 Å². The standard InChI is InChI=1S/C14H14N2O4S/c17-11-7-21-10-3-2-8(6-9(10)15-11)12(18)16-14(13(19)20)4-1-5-14/h2-3,6H,1,4-5,7H2,(H,15,17)(H,16,18)(H,19,20). The van der Waals surface area contributed by atoms with Crippen molar-refractivity contribution in [1.82, 2.24) is 5.32 Å². The molecule has 1 aliphatic heterocycles. The van der Waals surface area contributed by atoms with Crippen LogP contribution in [0.2, 0.25) is 0 Å². The Bertz CT molecular complexity index is 640. The summed E-state index contributed by atoms with van der Waals surface area (Å²) >= 11 is 1.41. The molecule has 3 rings (SSSR count). The summed E-state index contributed by atoms with van der Waals surface area (Å²) in [6.45, 7) is 0. The number of amides is 2. The van der Waals surface area contributed by atoms with Crippen molar-refractivity contribution in [3.63, 3.8) is 0 Å². The van der Waals surface area contributed by atoms with Crippen molar-refractivity contribution in [1.29, 1.82) is 0 Å². The van der Waals surface area contributed by atoms with Crippen molar-refractivity contribution in [2.45, 2.75) is 29.7 Å². The van der Waals surface area contributed by atoms with Gasteiger partial charge in [-0.15, -0.1) is 11.8 Å². The molecule has 1 aromatic rings. The van der Waals surface area contributed by atoms with Gasteiger partial charge in [-0.3, -0.25) is 9.59 Å². The van der Waals surface area contributed by atoms with Crippen LogP contribution in [0.4, 0.5) is 5.69 Å². The third-order valence-corrected chi connectivity index (χ3v) is 4.92. The van der Waals surface area contributed by atoms with Gasteiger partial charge in [-0.05, 0) is 37.5 Å². The van der Waals surface area contributed by atoms with E-state index >= 15 is 0 Å². The molecule has 0 aromatic heterocycles. The van der Waals surface area contributed by atoms with E-state index in [9.17, 15) is 19.5 Å². The number of anilines is 1. The zero-order valence-electron chi connectivity index (χ0n) is 11.1. The Balaban J connectivity index is 1.81. The van der Waals surface area contributed by atoms with Crippen molar-refractivity contribution >= 4 is 35.2 Å². The van der Waals surface area contributed by atoms with Crippen LogP contribution in [-0.2, 0) is 9.59 Å². The number of benzene rings is 1. The fraction of sp³-hybridized carbons (Fsp3) is 0.357. The summed E-state index contributed by atoms with van der Waals surface area (Å²) in [5, 5.41) is 14.5. The highest BCUT2D eigenvalue weighted by Crippen LogP contribution is 2.34. The highest BCUT2D eigenvalue weighted by molar-refractivity contribution is 8.00. The van der Waals surface area contributed by atoms with E-state index in [0.717, 1.165) is 11.3 Å². The minimum absolute atomic E-state index is 0.106. The topological polar surface area (TPSA) is 95.5 Å². The van der Waals surface area contributed by atoms with Gasteiger partial charge in [0.05, 0.1) is 11.4 Å². The second-order valence-electron chi connectivity index (χ2n) is 5.24. The minimum Gasteiger partial charge on any atom is -0.480 e. The predicted molar refractivity (Wildman–Crippen MR) is 77.5 cm³/mol. The normalized spacial score (nSPS) is 19.0. The van der Waals surface area contributed by atoms with Gasteiger partial charge in [-0.25, -0.2) is 4.79 Å². The van der Waals surface area contributed by atoms with Crippen LogP contribution >= 0.6 is 11.8 Å². The summed E-state index contributed by atoms with van der Waals surface area (Å²) in [6, 6.07) is 5.00. The number of thioether (sulfide) groups is 1. The van der Waals surface area contributed by atoms with E-state index in [0.29, 0.717) is 29.8 Å². The lowest BCUT2D eigenvalue weighted by Gasteiger charge is -2.38. The van der Waals surface area contributed by atoms with Crippen molar-refractivity contribution in [3.8, 4) is 0 Å². The van der Waals surface area contributed by atoms with Crippen LogP contribution in [0.15, 0.2) is 23.1 Å². The molecule has 0 bridgehead atoms. The number of rotatable bonds is 3. The molecular weight excluding hydrogens is 292 g/mol. The maximum Gasteiger partial charge on any atom is 0.329 e. The SMILES string of the molecule is O=C1CSc2ccc(C(=O)NC3(C(=O)O)CCC3)cc2N1. The summed E-state index contributed by atoms with van der Waals surface area (Å²) in [5.74, 6) is -1.17. The average molecular weight is 306 g/mol. The highest BCUT2D eigenvalue weighted by Gasteiger charge is 2.45. The van der Waals surface area contributed by atoms with E-state index in [1.54, 1.807) is 18.2 Å². The van der Waals surface area contributed by atoms with Gasteiger partial charge in [0, 0.05) is 10.5 Å². The Morgan fingerprint density at radius 2 is 2.10 bits per heavy atom. The number of carbonyl (C=O) groups is 3. The number of carboxylic acids is 1.